The van der Waals surface area contributed by atoms with Crippen LogP contribution in [-0.2, 0) is 6.42 Å². The van der Waals surface area contributed by atoms with Crippen LogP contribution in [0.4, 0.5) is 5.82 Å². The fraction of sp³-hybridized carbons (Fsp3) is 0.600. The van der Waals surface area contributed by atoms with Crippen molar-refractivity contribution in [2.45, 2.75) is 32.1 Å². The molecule has 0 fully saturated rings. The fourth-order valence-electron chi connectivity index (χ4n) is 1.71. The van der Waals surface area contributed by atoms with Gasteiger partial charge in [-0.3, -0.25) is 0 Å². The summed E-state index contributed by atoms with van der Waals surface area (Å²) in [6, 6.07) is 2.07. The van der Waals surface area contributed by atoms with E-state index in [0.717, 1.165) is 18.8 Å². The minimum atomic E-state index is 0.990. The van der Waals surface area contributed by atoms with E-state index in [2.05, 4.69) is 21.6 Å². The van der Waals surface area contributed by atoms with E-state index in [9.17, 15) is 0 Å². The molecule has 3 nitrogen and oxygen atoms in total. The standard InChI is InChI=1S/C10H15N3/c1-2-4-7-11-10-9(5-3-1)6-8-12-13-10/h6,8H,1-5,7H2,(H,11,13). The maximum absolute atomic E-state index is 4.10. The zero-order chi connectivity index (χ0) is 8.93. The van der Waals surface area contributed by atoms with Crippen molar-refractivity contribution in [1.82, 2.24) is 10.2 Å². The summed E-state index contributed by atoms with van der Waals surface area (Å²) in [5, 5.41) is 11.3. The summed E-state index contributed by atoms with van der Waals surface area (Å²) in [5.74, 6) is 0.990. The topological polar surface area (TPSA) is 37.8 Å². The van der Waals surface area contributed by atoms with Crippen LogP contribution in [-0.4, -0.2) is 16.7 Å². The van der Waals surface area contributed by atoms with Crippen LogP contribution in [0.2, 0.25) is 0 Å². The van der Waals surface area contributed by atoms with Crippen molar-refractivity contribution in [3.63, 3.8) is 0 Å². The van der Waals surface area contributed by atoms with Crippen LogP contribution in [0.5, 0.6) is 0 Å². The normalized spacial score (nSPS) is 17.5. The first kappa shape index (κ1) is 8.48. The lowest BCUT2D eigenvalue weighted by Crippen LogP contribution is -2.05. The van der Waals surface area contributed by atoms with Gasteiger partial charge in [0.1, 0.15) is 0 Å². The molecule has 2 rings (SSSR count). The van der Waals surface area contributed by atoms with Gasteiger partial charge in [0.15, 0.2) is 5.82 Å². The largest absolute Gasteiger partial charge is 0.368 e. The average Bonchev–Trinajstić information content (AvgIpc) is 2.28. The van der Waals surface area contributed by atoms with Gasteiger partial charge in [-0.2, -0.15) is 5.10 Å². The van der Waals surface area contributed by atoms with Gasteiger partial charge in [-0.1, -0.05) is 12.8 Å². The molecule has 0 aromatic carbocycles. The molecule has 0 unspecified atom stereocenters. The Morgan fingerprint density at radius 1 is 1.15 bits per heavy atom. The Bertz CT molecular complexity index is 246. The third-order valence-electron chi connectivity index (χ3n) is 2.47. The Labute approximate surface area is 78.6 Å². The predicted octanol–water partition coefficient (Wildman–Crippen LogP) is 2.00. The number of hydrogen-bond acceptors (Lipinski definition) is 3. The highest BCUT2D eigenvalue weighted by Crippen LogP contribution is 2.16. The number of rotatable bonds is 0. The van der Waals surface area contributed by atoms with Crippen molar-refractivity contribution >= 4 is 5.82 Å². The first-order valence-electron chi connectivity index (χ1n) is 5.01. The maximum Gasteiger partial charge on any atom is 0.151 e. The molecular formula is C10H15N3. The highest BCUT2D eigenvalue weighted by atomic mass is 15.2. The molecule has 0 aliphatic carbocycles. The number of aromatic nitrogens is 2. The lowest BCUT2D eigenvalue weighted by atomic mass is 10.1. The second-order valence-corrected chi connectivity index (χ2v) is 3.50. The minimum absolute atomic E-state index is 0.990. The maximum atomic E-state index is 4.10. The summed E-state index contributed by atoms with van der Waals surface area (Å²) < 4.78 is 0. The molecule has 0 spiro atoms. The molecule has 1 aliphatic heterocycles. The molecule has 2 heterocycles. The van der Waals surface area contributed by atoms with Gasteiger partial charge in [0.2, 0.25) is 0 Å². The van der Waals surface area contributed by atoms with E-state index >= 15 is 0 Å². The molecule has 70 valence electrons. The van der Waals surface area contributed by atoms with Crippen LogP contribution in [0.1, 0.15) is 31.2 Å². The number of nitrogens with zero attached hydrogens (tertiary/aromatic N) is 2. The van der Waals surface area contributed by atoms with Crippen LogP contribution in [0.15, 0.2) is 12.3 Å². The molecule has 0 atom stereocenters. The summed E-state index contributed by atoms with van der Waals surface area (Å²) in [6.07, 6.45) is 8.10. The van der Waals surface area contributed by atoms with Crippen LogP contribution in [0, 0.1) is 0 Å². The van der Waals surface area contributed by atoms with Gasteiger partial charge >= 0.3 is 0 Å². The SMILES string of the molecule is c1cc2c(nn1)NCCCCCC2. The van der Waals surface area contributed by atoms with Crippen molar-refractivity contribution in [2.24, 2.45) is 0 Å². The number of anilines is 1. The van der Waals surface area contributed by atoms with Crippen LogP contribution < -0.4 is 5.32 Å². The van der Waals surface area contributed by atoms with E-state index < -0.39 is 0 Å². The monoisotopic (exact) mass is 177 g/mol. The van der Waals surface area contributed by atoms with E-state index in [1.807, 2.05) is 0 Å². The molecule has 0 saturated carbocycles. The molecule has 0 radical (unpaired) electrons. The van der Waals surface area contributed by atoms with Crippen molar-refractivity contribution in [2.75, 3.05) is 11.9 Å². The van der Waals surface area contributed by atoms with Crippen molar-refractivity contribution in [3.8, 4) is 0 Å². The molecular weight excluding hydrogens is 162 g/mol. The predicted molar refractivity (Wildman–Crippen MR) is 52.7 cm³/mol. The van der Waals surface area contributed by atoms with Gasteiger partial charge in [-0.25, -0.2) is 0 Å². The highest BCUT2D eigenvalue weighted by Gasteiger charge is 2.05. The smallest absolute Gasteiger partial charge is 0.151 e. The van der Waals surface area contributed by atoms with Crippen LogP contribution in [0.3, 0.4) is 0 Å². The summed E-state index contributed by atoms with van der Waals surface area (Å²) in [5.41, 5.74) is 1.32. The van der Waals surface area contributed by atoms with Gasteiger partial charge < -0.3 is 5.32 Å². The molecule has 0 saturated heterocycles. The van der Waals surface area contributed by atoms with E-state index in [1.54, 1.807) is 6.20 Å². The van der Waals surface area contributed by atoms with E-state index in [0.29, 0.717) is 0 Å². The van der Waals surface area contributed by atoms with Gasteiger partial charge in [0.05, 0.1) is 6.20 Å². The molecule has 13 heavy (non-hydrogen) atoms. The molecule has 1 aromatic rings. The Morgan fingerprint density at radius 2 is 2.08 bits per heavy atom. The Hall–Kier alpha value is -1.12. The van der Waals surface area contributed by atoms with Gasteiger partial charge in [0.25, 0.3) is 0 Å². The quantitative estimate of drug-likeness (QED) is 0.658. The van der Waals surface area contributed by atoms with Gasteiger partial charge in [-0.05, 0) is 30.9 Å². The Balaban J connectivity index is 2.17. The molecule has 1 aromatic heterocycles. The molecule has 3 heteroatoms. The number of nitrogens with one attached hydrogen (secondary N) is 1. The second-order valence-electron chi connectivity index (χ2n) is 3.50. The zero-order valence-corrected chi connectivity index (χ0v) is 7.79. The van der Waals surface area contributed by atoms with Gasteiger partial charge in [-0.15, -0.1) is 5.10 Å². The first-order valence-corrected chi connectivity index (χ1v) is 5.01. The molecule has 1 aliphatic rings. The van der Waals surface area contributed by atoms with E-state index in [-0.39, 0.29) is 0 Å². The lowest BCUT2D eigenvalue weighted by molar-refractivity contribution is 0.663. The lowest BCUT2D eigenvalue weighted by Gasteiger charge is -2.06. The number of hydrogen-bond donors (Lipinski definition) is 1. The minimum Gasteiger partial charge on any atom is -0.368 e. The Morgan fingerprint density at radius 3 is 3.08 bits per heavy atom. The number of aryl methyl sites for hydroxylation is 1. The van der Waals surface area contributed by atoms with Crippen molar-refractivity contribution < 1.29 is 0 Å². The first-order chi connectivity index (χ1) is 6.47. The second kappa shape index (κ2) is 4.21. The van der Waals surface area contributed by atoms with E-state index in [4.69, 9.17) is 0 Å². The van der Waals surface area contributed by atoms with Crippen LogP contribution in [0.25, 0.3) is 0 Å². The number of fused-ring (bicyclic) bond motifs is 1. The molecule has 0 bridgehead atoms. The third-order valence-corrected chi connectivity index (χ3v) is 2.47. The van der Waals surface area contributed by atoms with Crippen LogP contribution >= 0.6 is 0 Å². The summed E-state index contributed by atoms with van der Waals surface area (Å²) in [4.78, 5) is 0. The molecule has 0 amide bonds. The molecule has 1 N–H and O–H groups in total. The summed E-state index contributed by atoms with van der Waals surface area (Å²) in [7, 11) is 0. The summed E-state index contributed by atoms with van der Waals surface area (Å²) >= 11 is 0. The third kappa shape index (κ3) is 2.17. The summed E-state index contributed by atoms with van der Waals surface area (Å²) in [6.45, 7) is 1.03. The van der Waals surface area contributed by atoms with Crippen molar-refractivity contribution in [3.05, 3.63) is 17.8 Å². The Kier molecular flexibility index (Phi) is 2.75. The van der Waals surface area contributed by atoms with E-state index in [1.165, 1.54) is 31.2 Å². The van der Waals surface area contributed by atoms with Gasteiger partial charge in [0, 0.05) is 6.54 Å². The average molecular weight is 177 g/mol. The highest BCUT2D eigenvalue weighted by molar-refractivity contribution is 5.42. The van der Waals surface area contributed by atoms with Crippen molar-refractivity contribution in [1.29, 1.82) is 0 Å². The zero-order valence-electron chi connectivity index (χ0n) is 7.79. The fourth-order valence-corrected chi connectivity index (χ4v) is 1.71.